The van der Waals surface area contributed by atoms with E-state index < -0.39 is 0 Å². The van der Waals surface area contributed by atoms with E-state index >= 15 is 0 Å². The molecule has 0 saturated carbocycles. The third-order valence-electron chi connectivity index (χ3n) is 4.69. The first-order valence-electron chi connectivity index (χ1n) is 7.98. The summed E-state index contributed by atoms with van der Waals surface area (Å²) in [6.45, 7) is 5.08. The quantitative estimate of drug-likeness (QED) is 0.859. The Labute approximate surface area is 135 Å². The molecule has 2 aliphatic rings. The number of rotatable bonds is 4. The van der Waals surface area contributed by atoms with Crippen molar-refractivity contribution in [2.24, 2.45) is 5.92 Å². The van der Waals surface area contributed by atoms with Crippen LogP contribution in [0.25, 0.3) is 0 Å². The van der Waals surface area contributed by atoms with Crippen molar-refractivity contribution >= 4 is 5.82 Å². The molecule has 1 spiro atoms. The zero-order valence-corrected chi connectivity index (χ0v) is 13.2. The van der Waals surface area contributed by atoms with Gasteiger partial charge in [0.05, 0.1) is 25.4 Å². The van der Waals surface area contributed by atoms with Gasteiger partial charge in [0.1, 0.15) is 5.60 Å². The number of aromatic nitrogens is 3. The molecule has 0 N–H and O–H groups in total. The summed E-state index contributed by atoms with van der Waals surface area (Å²) in [6.07, 6.45) is 2.78. The summed E-state index contributed by atoms with van der Waals surface area (Å²) >= 11 is 0. The predicted octanol–water partition coefficient (Wildman–Crippen LogP) is 1.85. The number of pyridine rings is 1. The molecule has 4 rings (SSSR count). The molecule has 120 valence electrons. The Morgan fingerprint density at radius 2 is 2.17 bits per heavy atom. The zero-order chi connectivity index (χ0) is 15.7. The molecule has 2 fully saturated rings. The van der Waals surface area contributed by atoms with Gasteiger partial charge in [-0.25, -0.2) is 4.98 Å². The zero-order valence-electron chi connectivity index (χ0n) is 13.2. The molecule has 6 heteroatoms. The summed E-state index contributed by atoms with van der Waals surface area (Å²) in [7, 11) is 0. The van der Waals surface area contributed by atoms with Crippen LogP contribution in [0.2, 0.25) is 0 Å². The summed E-state index contributed by atoms with van der Waals surface area (Å²) in [6, 6.07) is 9.72. The van der Waals surface area contributed by atoms with Gasteiger partial charge < -0.3 is 14.4 Å². The molecule has 2 aromatic heterocycles. The molecule has 2 aliphatic heterocycles. The number of ether oxygens (including phenoxy) is 2. The lowest BCUT2D eigenvalue weighted by Gasteiger charge is -2.50. The van der Waals surface area contributed by atoms with Crippen LogP contribution >= 0.6 is 0 Å². The Bertz CT molecular complexity index is 656. The minimum absolute atomic E-state index is 0.110. The van der Waals surface area contributed by atoms with Crippen molar-refractivity contribution in [2.75, 3.05) is 31.2 Å². The average molecular weight is 312 g/mol. The SMILES string of the molecule is Cc1ccc(N2CC3(C2)OCCC3COc2ccccn2)nn1. The van der Waals surface area contributed by atoms with E-state index in [1.54, 1.807) is 6.20 Å². The van der Waals surface area contributed by atoms with Gasteiger partial charge in [-0.3, -0.25) is 0 Å². The van der Waals surface area contributed by atoms with Crippen molar-refractivity contribution in [3.05, 3.63) is 42.2 Å². The first kappa shape index (κ1) is 14.4. The third-order valence-corrected chi connectivity index (χ3v) is 4.69. The van der Waals surface area contributed by atoms with Crippen LogP contribution in [-0.2, 0) is 4.74 Å². The van der Waals surface area contributed by atoms with Gasteiger partial charge in [-0.1, -0.05) is 6.07 Å². The second-order valence-corrected chi connectivity index (χ2v) is 6.27. The highest BCUT2D eigenvalue weighted by Crippen LogP contribution is 2.41. The van der Waals surface area contributed by atoms with E-state index in [4.69, 9.17) is 9.47 Å². The maximum atomic E-state index is 6.06. The van der Waals surface area contributed by atoms with E-state index in [0.29, 0.717) is 18.4 Å². The van der Waals surface area contributed by atoms with E-state index in [9.17, 15) is 0 Å². The van der Waals surface area contributed by atoms with E-state index in [-0.39, 0.29) is 5.60 Å². The van der Waals surface area contributed by atoms with Crippen LogP contribution < -0.4 is 9.64 Å². The van der Waals surface area contributed by atoms with E-state index in [2.05, 4.69) is 20.1 Å². The van der Waals surface area contributed by atoms with Crippen LogP contribution in [0.3, 0.4) is 0 Å². The second-order valence-electron chi connectivity index (χ2n) is 6.27. The lowest BCUT2D eigenvalue weighted by Crippen LogP contribution is -2.66. The molecule has 23 heavy (non-hydrogen) atoms. The van der Waals surface area contributed by atoms with Crippen LogP contribution in [0.4, 0.5) is 5.82 Å². The van der Waals surface area contributed by atoms with Crippen LogP contribution in [0.5, 0.6) is 5.88 Å². The third kappa shape index (κ3) is 2.74. The molecule has 0 aliphatic carbocycles. The number of anilines is 1. The molecule has 0 radical (unpaired) electrons. The van der Waals surface area contributed by atoms with Gasteiger partial charge in [-0.15, -0.1) is 5.10 Å². The Hall–Kier alpha value is -2.21. The molecule has 2 aromatic rings. The normalized spacial score (nSPS) is 22.1. The topological polar surface area (TPSA) is 60.4 Å². The number of hydrogen-bond acceptors (Lipinski definition) is 6. The molecule has 1 unspecified atom stereocenters. The molecule has 6 nitrogen and oxygen atoms in total. The lowest BCUT2D eigenvalue weighted by molar-refractivity contribution is -0.0529. The van der Waals surface area contributed by atoms with Gasteiger partial charge in [-0.05, 0) is 31.5 Å². The molecule has 0 amide bonds. The minimum Gasteiger partial charge on any atom is -0.477 e. The smallest absolute Gasteiger partial charge is 0.213 e. The summed E-state index contributed by atoms with van der Waals surface area (Å²) in [4.78, 5) is 6.42. The van der Waals surface area contributed by atoms with Crippen LogP contribution in [0, 0.1) is 12.8 Å². The predicted molar refractivity (Wildman–Crippen MR) is 85.5 cm³/mol. The summed E-state index contributed by atoms with van der Waals surface area (Å²) in [5.74, 6) is 1.98. The lowest BCUT2D eigenvalue weighted by atomic mass is 9.81. The van der Waals surface area contributed by atoms with Gasteiger partial charge in [-0.2, -0.15) is 5.10 Å². The van der Waals surface area contributed by atoms with Crippen molar-refractivity contribution in [3.63, 3.8) is 0 Å². The van der Waals surface area contributed by atoms with Gasteiger partial charge in [0.2, 0.25) is 5.88 Å². The number of hydrogen-bond donors (Lipinski definition) is 0. The first-order chi connectivity index (χ1) is 11.3. The van der Waals surface area contributed by atoms with Crippen molar-refractivity contribution < 1.29 is 9.47 Å². The van der Waals surface area contributed by atoms with Crippen molar-refractivity contribution in [1.29, 1.82) is 0 Å². The van der Waals surface area contributed by atoms with Crippen molar-refractivity contribution in [1.82, 2.24) is 15.2 Å². The fourth-order valence-corrected chi connectivity index (χ4v) is 3.31. The maximum absolute atomic E-state index is 6.06. The van der Waals surface area contributed by atoms with Crippen molar-refractivity contribution in [3.8, 4) is 5.88 Å². The summed E-state index contributed by atoms with van der Waals surface area (Å²) < 4.78 is 11.9. The molecule has 0 aromatic carbocycles. The van der Waals surface area contributed by atoms with Gasteiger partial charge in [0, 0.05) is 24.8 Å². The van der Waals surface area contributed by atoms with E-state index in [1.165, 1.54) is 0 Å². The summed E-state index contributed by atoms with van der Waals surface area (Å²) in [5.41, 5.74) is 0.823. The standard InChI is InChI=1S/C17H20N4O2/c1-13-5-6-15(20-19-13)21-11-17(12-21)14(7-9-23-17)10-22-16-4-2-3-8-18-16/h2-6,8,14H,7,9-12H2,1H3. The maximum Gasteiger partial charge on any atom is 0.213 e. The molecule has 0 bridgehead atoms. The fraction of sp³-hybridized carbons (Fsp3) is 0.471. The largest absolute Gasteiger partial charge is 0.477 e. The molecular weight excluding hydrogens is 292 g/mol. The molecule has 2 saturated heterocycles. The van der Waals surface area contributed by atoms with Gasteiger partial charge >= 0.3 is 0 Å². The van der Waals surface area contributed by atoms with Crippen LogP contribution in [0.1, 0.15) is 12.1 Å². The molecule has 4 heterocycles. The monoisotopic (exact) mass is 312 g/mol. The molecular formula is C17H20N4O2. The Kier molecular flexibility index (Phi) is 3.61. The Morgan fingerprint density at radius 1 is 1.26 bits per heavy atom. The minimum atomic E-state index is -0.110. The van der Waals surface area contributed by atoms with Crippen molar-refractivity contribution in [2.45, 2.75) is 18.9 Å². The highest BCUT2D eigenvalue weighted by atomic mass is 16.5. The Morgan fingerprint density at radius 3 is 2.91 bits per heavy atom. The summed E-state index contributed by atoms with van der Waals surface area (Å²) in [5, 5.41) is 8.38. The van der Waals surface area contributed by atoms with Crippen LogP contribution in [-0.4, -0.2) is 47.1 Å². The fourth-order valence-electron chi connectivity index (χ4n) is 3.31. The number of nitrogens with zero attached hydrogens (tertiary/aromatic N) is 4. The average Bonchev–Trinajstić information content (AvgIpc) is 2.97. The second kappa shape index (κ2) is 5.77. The first-order valence-corrected chi connectivity index (χ1v) is 7.98. The van der Waals surface area contributed by atoms with Gasteiger partial charge in [0.15, 0.2) is 5.82 Å². The van der Waals surface area contributed by atoms with E-state index in [0.717, 1.165) is 37.6 Å². The van der Waals surface area contributed by atoms with Gasteiger partial charge in [0.25, 0.3) is 0 Å². The molecule has 1 atom stereocenters. The highest BCUT2D eigenvalue weighted by Gasteiger charge is 2.53. The highest BCUT2D eigenvalue weighted by molar-refractivity contribution is 5.43. The Balaban J connectivity index is 1.38. The van der Waals surface area contributed by atoms with Crippen LogP contribution in [0.15, 0.2) is 36.5 Å². The van der Waals surface area contributed by atoms with E-state index in [1.807, 2.05) is 37.3 Å². The number of aryl methyl sites for hydroxylation is 1.